The highest BCUT2D eigenvalue weighted by Crippen LogP contribution is 2.24. The minimum absolute atomic E-state index is 0.236. The molecular formula is C14H22BrN3O2S. The lowest BCUT2D eigenvalue weighted by molar-refractivity contribution is 0.213. The summed E-state index contributed by atoms with van der Waals surface area (Å²) in [6.45, 7) is 2.68. The lowest BCUT2D eigenvalue weighted by Gasteiger charge is -2.28. The highest BCUT2D eigenvalue weighted by molar-refractivity contribution is 9.10. The number of piperidine rings is 1. The summed E-state index contributed by atoms with van der Waals surface area (Å²) < 4.78 is 27.7. The normalized spacial score (nSPS) is 18.0. The molecule has 0 amide bonds. The van der Waals surface area contributed by atoms with Gasteiger partial charge < -0.3 is 10.6 Å². The summed E-state index contributed by atoms with van der Waals surface area (Å²) >= 11 is 3.25. The van der Waals surface area contributed by atoms with Crippen LogP contribution in [0.4, 0.5) is 5.69 Å². The summed E-state index contributed by atoms with van der Waals surface area (Å²) in [6.07, 6.45) is 3.17. The van der Waals surface area contributed by atoms with Crippen molar-refractivity contribution >= 4 is 31.6 Å². The van der Waals surface area contributed by atoms with Crippen molar-refractivity contribution in [3.8, 4) is 0 Å². The van der Waals surface area contributed by atoms with Crippen molar-refractivity contribution in [1.82, 2.24) is 9.62 Å². The van der Waals surface area contributed by atoms with Gasteiger partial charge in [0.05, 0.1) is 4.90 Å². The van der Waals surface area contributed by atoms with Crippen molar-refractivity contribution in [2.24, 2.45) is 5.92 Å². The lowest BCUT2D eigenvalue weighted by atomic mass is 9.94. The molecule has 0 spiro atoms. The summed E-state index contributed by atoms with van der Waals surface area (Å²) in [4.78, 5) is 2.55. The molecule has 2 rings (SSSR count). The maximum absolute atomic E-state index is 12.3. The van der Waals surface area contributed by atoms with Crippen LogP contribution in [0.15, 0.2) is 27.6 Å². The minimum Gasteiger partial charge on any atom is -0.399 e. The maximum Gasteiger partial charge on any atom is 0.241 e. The van der Waals surface area contributed by atoms with Crippen LogP contribution in [0.3, 0.4) is 0 Å². The first-order chi connectivity index (χ1) is 9.88. The molecule has 0 saturated carbocycles. The van der Waals surface area contributed by atoms with Gasteiger partial charge in [0, 0.05) is 16.7 Å². The highest BCUT2D eigenvalue weighted by Gasteiger charge is 2.20. The molecule has 1 aromatic carbocycles. The molecular weight excluding hydrogens is 354 g/mol. The molecule has 1 saturated heterocycles. The number of nitrogens with one attached hydrogen (secondary N) is 1. The molecule has 0 bridgehead atoms. The Morgan fingerprint density at radius 2 is 2.05 bits per heavy atom. The number of likely N-dealkylation sites (tertiary alicyclic amines) is 1. The fourth-order valence-corrected chi connectivity index (χ4v) is 4.70. The SMILES string of the molecule is CN1CCC(CCNS(=O)(=O)c2ccc(N)cc2Br)CC1. The summed E-state index contributed by atoms with van der Waals surface area (Å²) in [7, 11) is -1.36. The number of nitrogens with zero attached hydrogens (tertiary/aromatic N) is 1. The molecule has 0 unspecified atom stereocenters. The number of benzene rings is 1. The van der Waals surface area contributed by atoms with Crippen molar-refractivity contribution in [2.75, 3.05) is 32.4 Å². The van der Waals surface area contributed by atoms with E-state index in [-0.39, 0.29) is 4.90 Å². The van der Waals surface area contributed by atoms with Gasteiger partial charge in [-0.25, -0.2) is 13.1 Å². The van der Waals surface area contributed by atoms with E-state index in [2.05, 4.69) is 32.6 Å². The Labute approximate surface area is 135 Å². The lowest BCUT2D eigenvalue weighted by Crippen LogP contribution is -2.32. The topological polar surface area (TPSA) is 75.4 Å². The third kappa shape index (κ3) is 4.67. The van der Waals surface area contributed by atoms with E-state index < -0.39 is 10.0 Å². The molecule has 21 heavy (non-hydrogen) atoms. The molecule has 7 heteroatoms. The van der Waals surface area contributed by atoms with Crippen molar-refractivity contribution in [3.05, 3.63) is 22.7 Å². The van der Waals surface area contributed by atoms with Gasteiger partial charge in [-0.1, -0.05) is 0 Å². The molecule has 0 aromatic heterocycles. The Morgan fingerprint density at radius 3 is 2.67 bits per heavy atom. The first-order valence-electron chi connectivity index (χ1n) is 7.12. The predicted molar refractivity (Wildman–Crippen MR) is 88.6 cm³/mol. The number of anilines is 1. The van der Waals surface area contributed by atoms with Crippen molar-refractivity contribution < 1.29 is 8.42 Å². The van der Waals surface area contributed by atoms with E-state index in [0.717, 1.165) is 32.4 Å². The monoisotopic (exact) mass is 375 g/mol. The Kier molecular flexibility index (Phi) is 5.65. The van der Waals surface area contributed by atoms with E-state index >= 15 is 0 Å². The summed E-state index contributed by atoms with van der Waals surface area (Å²) in [5.74, 6) is 0.610. The van der Waals surface area contributed by atoms with Crippen LogP contribution in [0.5, 0.6) is 0 Å². The van der Waals surface area contributed by atoms with Gasteiger partial charge in [-0.3, -0.25) is 0 Å². The quantitative estimate of drug-likeness (QED) is 0.772. The predicted octanol–water partition coefficient (Wildman–Crippen LogP) is 2.04. The highest BCUT2D eigenvalue weighted by atomic mass is 79.9. The van der Waals surface area contributed by atoms with Crippen molar-refractivity contribution in [1.29, 1.82) is 0 Å². The van der Waals surface area contributed by atoms with Gasteiger partial charge in [0.15, 0.2) is 0 Å². The van der Waals surface area contributed by atoms with Crippen LogP contribution in [0, 0.1) is 5.92 Å². The molecule has 1 fully saturated rings. The fourth-order valence-electron chi connectivity index (χ4n) is 2.56. The number of hydrogen-bond donors (Lipinski definition) is 2. The Hall–Kier alpha value is -0.630. The fraction of sp³-hybridized carbons (Fsp3) is 0.571. The zero-order chi connectivity index (χ0) is 15.5. The van der Waals surface area contributed by atoms with E-state index in [4.69, 9.17) is 5.73 Å². The second kappa shape index (κ2) is 7.09. The van der Waals surface area contributed by atoms with E-state index in [9.17, 15) is 8.42 Å². The van der Waals surface area contributed by atoms with Gasteiger partial charge in [-0.15, -0.1) is 0 Å². The molecule has 3 N–H and O–H groups in total. The average Bonchev–Trinajstić information content (AvgIpc) is 2.40. The van der Waals surface area contributed by atoms with Gasteiger partial charge >= 0.3 is 0 Å². The van der Waals surface area contributed by atoms with Gasteiger partial charge in [-0.05, 0) is 79.4 Å². The number of nitrogen functional groups attached to an aromatic ring is 1. The number of hydrogen-bond acceptors (Lipinski definition) is 4. The molecule has 1 aromatic rings. The Bertz CT molecular complexity index is 584. The molecule has 0 radical (unpaired) electrons. The second-order valence-electron chi connectivity index (χ2n) is 5.62. The standard InChI is InChI=1S/C14H22BrN3O2S/c1-18-8-5-11(6-9-18)4-7-17-21(19,20)14-3-2-12(16)10-13(14)15/h2-3,10-11,17H,4-9,16H2,1H3. The molecule has 0 aliphatic carbocycles. The van der Waals surface area contributed by atoms with Crippen molar-refractivity contribution in [2.45, 2.75) is 24.2 Å². The van der Waals surface area contributed by atoms with Crippen LogP contribution in [0.25, 0.3) is 0 Å². The third-order valence-electron chi connectivity index (χ3n) is 3.93. The Balaban J connectivity index is 1.89. The minimum atomic E-state index is -3.48. The van der Waals surface area contributed by atoms with Crippen LogP contribution in [0.1, 0.15) is 19.3 Å². The molecule has 1 heterocycles. The third-order valence-corrected chi connectivity index (χ3v) is 6.37. The molecule has 1 aliphatic rings. The van der Waals surface area contributed by atoms with Gasteiger partial charge in [-0.2, -0.15) is 0 Å². The van der Waals surface area contributed by atoms with Gasteiger partial charge in [0.1, 0.15) is 0 Å². The van der Waals surface area contributed by atoms with Crippen LogP contribution >= 0.6 is 15.9 Å². The molecule has 118 valence electrons. The van der Waals surface area contributed by atoms with Gasteiger partial charge in [0.25, 0.3) is 0 Å². The van der Waals surface area contributed by atoms with Crippen LogP contribution in [-0.4, -0.2) is 40.0 Å². The van der Waals surface area contributed by atoms with E-state index in [1.54, 1.807) is 12.1 Å². The number of rotatable bonds is 5. The van der Waals surface area contributed by atoms with E-state index in [1.807, 2.05) is 0 Å². The van der Waals surface area contributed by atoms with E-state index in [1.165, 1.54) is 6.07 Å². The number of halogens is 1. The average molecular weight is 376 g/mol. The maximum atomic E-state index is 12.3. The van der Waals surface area contributed by atoms with Crippen LogP contribution in [-0.2, 0) is 10.0 Å². The molecule has 1 aliphatic heterocycles. The number of nitrogens with two attached hydrogens (primary N) is 1. The van der Waals surface area contributed by atoms with Crippen LogP contribution in [0.2, 0.25) is 0 Å². The zero-order valence-electron chi connectivity index (χ0n) is 12.2. The first-order valence-corrected chi connectivity index (χ1v) is 9.39. The largest absolute Gasteiger partial charge is 0.399 e. The smallest absolute Gasteiger partial charge is 0.241 e. The number of sulfonamides is 1. The molecule has 5 nitrogen and oxygen atoms in total. The Morgan fingerprint density at radius 1 is 1.38 bits per heavy atom. The van der Waals surface area contributed by atoms with Crippen LogP contribution < -0.4 is 10.5 Å². The molecule has 0 atom stereocenters. The van der Waals surface area contributed by atoms with Gasteiger partial charge in [0.2, 0.25) is 10.0 Å². The summed E-state index contributed by atoms with van der Waals surface area (Å²) in [5.41, 5.74) is 6.16. The summed E-state index contributed by atoms with van der Waals surface area (Å²) in [5, 5.41) is 0. The second-order valence-corrected chi connectivity index (χ2v) is 8.21. The zero-order valence-corrected chi connectivity index (χ0v) is 14.6. The van der Waals surface area contributed by atoms with Crippen molar-refractivity contribution in [3.63, 3.8) is 0 Å². The summed E-state index contributed by atoms with van der Waals surface area (Å²) in [6, 6.07) is 4.72. The first kappa shape index (κ1) is 16.7. The van der Waals surface area contributed by atoms with E-state index in [0.29, 0.717) is 22.6 Å².